The number of hydrogen-bond donors (Lipinski definition) is 0. The van der Waals surface area contributed by atoms with Crippen LogP contribution in [0.2, 0.25) is 0 Å². The molecule has 7 nitrogen and oxygen atoms in total. The molecule has 106 valence electrons. The predicted octanol–water partition coefficient (Wildman–Crippen LogP) is 0.534. The van der Waals surface area contributed by atoms with Gasteiger partial charge in [-0.15, -0.1) is 5.10 Å². The van der Waals surface area contributed by atoms with Crippen molar-refractivity contribution in [2.75, 3.05) is 0 Å². The smallest absolute Gasteiger partial charge is 0.233 e. The maximum absolute atomic E-state index is 12.3. The monoisotopic (exact) mass is 275 g/mol. The molecular weight excluding hydrogens is 258 g/mol. The van der Waals surface area contributed by atoms with Gasteiger partial charge in [-0.25, -0.2) is 4.68 Å². The van der Waals surface area contributed by atoms with E-state index in [2.05, 4.69) is 15.5 Å². The summed E-state index contributed by atoms with van der Waals surface area (Å²) in [4.78, 5) is 26.0. The van der Waals surface area contributed by atoms with E-state index >= 15 is 0 Å². The molecule has 1 aromatic rings. The molecule has 0 aromatic carbocycles. The molecule has 1 saturated heterocycles. The summed E-state index contributed by atoms with van der Waals surface area (Å²) in [5.74, 6) is 0.0111. The second-order valence-corrected chi connectivity index (χ2v) is 5.24. The highest BCUT2D eigenvalue weighted by Crippen LogP contribution is 2.35. The Balaban J connectivity index is 1.79. The highest BCUT2D eigenvalue weighted by molar-refractivity contribution is 6.05. The van der Waals surface area contributed by atoms with Crippen molar-refractivity contribution in [3.05, 3.63) is 18.0 Å². The highest BCUT2D eigenvalue weighted by Gasteiger charge is 2.47. The summed E-state index contributed by atoms with van der Waals surface area (Å²) in [5.41, 5.74) is 0. The lowest BCUT2D eigenvalue weighted by Gasteiger charge is -2.14. The largest absolute Gasteiger partial charge is 0.274 e. The van der Waals surface area contributed by atoms with Crippen LogP contribution in [0, 0.1) is 11.8 Å². The maximum atomic E-state index is 12.3. The number of tetrazole rings is 1. The Morgan fingerprint density at radius 2 is 1.85 bits per heavy atom. The van der Waals surface area contributed by atoms with Crippen molar-refractivity contribution in [3.8, 4) is 0 Å². The van der Waals surface area contributed by atoms with Gasteiger partial charge >= 0.3 is 0 Å². The van der Waals surface area contributed by atoms with Gasteiger partial charge in [0.1, 0.15) is 0 Å². The normalized spacial score (nSPS) is 25.4. The molecule has 0 unspecified atom stereocenters. The molecule has 2 heterocycles. The number of nitrogens with zero attached hydrogens (tertiary/aromatic N) is 5. The molecule has 1 aliphatic heterocycles. The molecule has 0 radical (unpaired) electrons. The van der Waals surface area contributed by atoms with Crippen molar-refractivity contribution in [2.45, 2.75) is 39.3 Å². The molecule has 1 aromatic heterocycles. The maximum Gasteiger partial charge on any atom is 0.233 e. The molecule has 0 N–H and O–H groups in total. The van der Waals surface area contributed by atoms with Crippen LogP contribution in [0.1, 0.15) is 32.0 Å². The molecule has 2 atom stereocenters. The van der Waals surface area contributed by atoms with Crippen LogP contribution >= 0.6 is 0 Å². The zero-order chi connectivity index (χ0) is 14.1. The fourth-order valence-electron chi connectivity index (χ4n) is 2.89. The van der Waals surface area contributed by atoms with Crippen molar-refractivity contribution in [1.29, 1.82) is 0 Å². The summed E-state index contributed by atoms with van der Waals surface area (Å²) >= 11 is 0. The summed E-state index contributed by atoms with van der Waals surface area (Å²) in [6.07, 6.45) is 6.18. The SMILES string of the molecule is CCCn1nnnc1CN1C(=O)[C@@H]2CC=CC[C@H]2C1=O. The molecular formula is C13H17N5O2. The molecule has 1 aliphatic carbocycles. The van der Waals surface area contributed by atoms with Crippen LogP contribution in [-0.4, -0.2) is 36.9 Å². The first-order valence-corrected chi connectivity index (χ1v) is 6.97. The molecule has 20 heavy (non-hydrogen) atoms. The second-order valence-electron chi connectivity index (χ2n) is 5.24. The average Bonchev–Trinajstić information content (AvgIpc) is 2.99. The van der Waals surface area contributed by atoms with Crippen molar-refractivity contribution < 1.29 is 9.59 Å². The van der Waals surface area contributed by atoms with Crippen LogP contribution in [0.4, 0.5) is 0 Å². The summed E-state index contributed by atoms with van der Waals surface area (Å²) in [6.45, 7) is 2.89. The minimum absolute atomic E-state index is 0.0876. The number of amides is 2. The minimum Gasteiger partial charge on any atom is -0.274 e. The van der Waals surface area contributed by atoms with E-state index in [9.17, 15) is 9.59 Å². The molecule has 0 spiro atoms. The summed E-state index contributed by atoms with van der Waals surface area (Å²) in [6, 6.07) is 0. The number of carbonyl (C=O) groups is 2. The lowest BCUT2D eigenvalue weighted by Crippen LogP contribution is -2.32. The number of allylic oxidation sites excluding steroid dienone is 2. The number of aryl methyl sites for hydroxylation is 1. The lowest BCUT2D eigenvalue weighted by atomic mass is 9.85. The van der Waals surface area contributed by atoms with Crippen molar-refractivity contribution in [2.24, 2.45) is 11.8 Å². The van der Waals surface area contributed by atoms with Crippen LogP contribution < -0.4 is 0 Å². The summed E-state index contributed by atoms with van der Waals surface area (Å²) < 4.78 is 1.65. The van der Waals surface area contributed by atoms with Crippen LogP contribution in [0.3, 0.4) is 0 Å². The van der Waals surface area contributed by atoms with E-state index in [1.54, 1.807) is 4.68 Å². The van der Waals surface area contributed by atoms with Gasteiger partial charge in [-0.05, 0) is 29.7 Å². The Kier molecular flexibility index (Phi) is 3.33. The standard InChI is InChI=1S/C13H17N5O2/c1-2-7-18-11(14-15-16-18)8-17-12(19)9-5-3-4-6-10(9)13(17)20/h3-4,9-10H,2,5-8H2,1H3/t9-,10-/m1/s1. The Hall–Kier alpha value is -2.05. The van der Waals surface area contributed by atoms with Gasteiger partial charge in [-0.2, -0.15) is 0 Å². The molecule has 7 heteroatoms. The molecule has 2 aliphatic rings. The van der Waals surface area contributed by atoms with Gasteiger partial charge in [0, 0.05) is 6.54 Å². The number of hydrogen-bond acceptors (Lipinski definition) is 5. The van der Waals surface area contributed by atoms with E-state index in [-0.39, 0.29) is 30.2 Å². The molecule has 2 amide bonds. The van der Waals surface area contributed by atoms with E-state index in [4.69, 9.17) is 0 Å². The van der Waals surface area contributed by atoms with Crippen LogP contribution in [0.15, 0.2) is 12.2 Å². The fourth-order valence-corrected chi connectivity index (χ4v) is 2.89. The minimum atomic E-state index is -0.192. The quantitative estimate of drug-likeness (QED) is 0.591. The molecule has 0 bridgehead atoms. The van der Waals surface area contributed by atoms with Gasteiger partial charge < -0.3 is 0 Å². The predicted molar refractivity (Wildman–Crippen MR) is 69.0 cm³/mol. The topological polar surface area (TPSA) is 81.0 Å². The van der Waals surface area contributed by atoms with E-state index in [0.717, 1.165) is 6.42 Å². The van der Waals surface area contributed by atoms with E-state index in [1.807, 2.05) is 19.1 Å². The number of imide groups is 1. The average molecular weight is 275 g/mol. The molecule has 0 saturated carbocycles. The van der Waals surface area contributed by atoms with E-state index in [0.29, 0.717) is 25.2 Å². The Morgan fingerprint density at radius 3 is 2.45 bits per heavy atom. The van der Waals surface area contributed by atoms with Crippen LogP contribution in [0.5, 0.6) is 0 Å². The zero-order valence-electron chi connectivity index (χ0n) is 11.4. The Labute approximate surface area is 116 Å². The van der Waals surface area contributed by atoms with Gasteiger partial charge in [0.15, 0.2) is 5.82 Å². The van der Waals surface area contributed by atoms with E-state index < -0.39 is 0 Å². The Bertz CT molecular complexity index is 539. The third kappa shape index (κ3) is 2.03. The fraction of sp³-hybridized carbons (Fsp3) is 0.615. The molecule has 3 rings (SSSR count). The number of likely N-dealkylation sites (tertiary alicyclic amines) is 1. The Morgan fingerprint density at radius 1 is 1.20 bits per heavy atom. The van der Waals surface area contributed by atoms with Gasteiger partial charge in [-0.1, -0.05) is 19.1 Å². The third-order valence-electron chi connectivity index (χ3n) is 3.94. The van der Waals surface area contributed by atoms with Gasteiger partial charge in [0.25, 0.3) is 0 Å². The van der Waals surface area contributed by atoms with Crippen LogP contribution in [0.25, 0.3) is 0 Å². The lowest BCUT2D eigenvalue weighted by molar-refractivity contribution is -0.140. The number of fused-ring (bicyclic) bond motifs is 1. The first-order chi connectivity index (χ1) is 9.72. The summed E-state index contributed by atoms with van der Waals surface area (Å²) in [5, 5.41) is 11.4. The first kappa shape index (κ1) is 13.0. The van der Waals surface area contributed by atoms with E-state index in [1.165, 1.54) is 4.90 Å². The second kappa shape index (κ2) is 5.15. The van der Waals surface area contributed by atoms with Gasteiger partial charge in [0.2, 0.25) is 11.8 Å². The first-order valence-electron chi connectivity index (χ1n) is 6.97. The van der Waals surface area contributed by atoms with Gasteiger partial charge in [0.05, 0.1) is 18.4 Å². The van der Waals surface area contributed by atoms with Crippen molar-refractivity contribution >= 4 is 11.8 Å². The van der Waals surface area contributed by atoms with Crippen molar-refractivity contribution in [3.63, 3.8) is 0 Å². The number of aromatic nitrogens is 4. The zero-order valence-corrected chi connectivity index (χ0v) is 11.4. The number of carbonyl (C=O) groups excluding carboxylic acids is 2. The van der Waals surface area contributed by atoms with Crippen LogP contribution in [-0.2, 0) is 22.7 Å². The van der Waals surface area contributed by atoms with Crippen molar-refractivity contribution in [1.82, 2.24) is 25.1 Å². The number of rotatable bonds is 4. The third-order valence-corrected chi connectivity index (χ3v) is 3.94. The summed E-state index contributed by atoms with van der Waals surface area (Å²) in [7, 11) is 0. The highest BCUT2D eigenvalue weighted by atomic mass is 16.2. The molecule has 1 fully saturated rings. The van der Waals surface area contributed by atoms with Gasteiger partial charge in [-0.3, -0.25) is 14.5 Å².